The van der Waals surface area contributed by atoms with Gasteiger partial charge in [0.2, 0.25) is 0 Å². The Morgan fingerprint density at radius 2 is 1.67 bits per heavy atom. The van der Waals surface area contributed by atoms with Crippen molar-refractivity contribution in [3.8, 4) is 5.75 Å². The molecule has 2 aromatic rings. The van der Waals surface area contributed by atoms with Crippen LogP contribution in [0.25, 0.3) is 0 Å². The van der Waals surface area contributed by atoms with E-state index in [1.165, 1.54) is 37.4 Å². The summed E-state index contributed by atoms with van der Waals surface area (Å²) in [5.41, 5.74) is 0.603. The van der Waals surface area contributed by atoms with Crippen molar-refractivity contribution in [1.82, 2.24) is 5.32 Å². The van der Waals surface area contributed by atoms with Gasteiger partial charge < -0.3 is 20.3 Å². The second-order valence-electron chi connectivity index (χ2n) is 4.87. The second kappa shape index (κ2) is 7.28. The van der Waals surface area contributed by atoms with E-state index in [1.54, 1.807) is 12.1 Å². The summed E-state index contributed by atoms with van der Waals surface area (Å²) in [6.07, 6.45) is 0. The molecule has 0 unspecified atom stereocenters. The van der Waals surface area contributed by atoms with Crippen LogP contribution >= 0.6 is 0 Å². The summed E-state index contributed by atoms with van der Waals surface area (Å²) in [6, 6.07) is 10.3. The summed E-state index contributed by atoms with van der Waals surface area (Å²) in [6.45, 7) is 0.121. The number of hydrogen-bond acceptors (Lipinski definition) is 4. The van der Waals surface area contributed by atoms with Gasteiger partial charge in [0.1, 0.15) is 5.75 Å². The fourth-order valence-electron chi connectivity index (χ4n) is 2.15. The zero-order chi connectivity index (χ0) is 17.7. The Balaban J connectivity index is 2.18. The van der Waals surface area contributed by atoms with Gasteiger partial charge in [-0.25, -0.2) is 9.59 Å². The number of ether oxygens (including phenoxy) is 1. The first-order chi connectivity index (χ1) is 11.4. The predicted octanol–water partition coefficient (Wildman–Crippen LogP) is 2.02. The fraction of sp³-hybridized carbons (Fsp3) is 0.118. The summed E-state index contributed by atoms with van der Waals surface area (Å²) in [7, 11) is 1.35. The Labute approximate surface area is 137 Å². The van der Waals surface area contributed by atoms with Gasteiger partial charge in [-0.05, 0) is 29.8 Å². The van der Waals surface area contributed by atoms with Crippen LogP contribution in [0.5, 0.6) is 5.75 Å². The molecule has 0 aliphatic heterocycles. The van der Waals surface area contributed by atoms with Gasteiger partial charge in [-0.3, -0.25) is 4.79 Å². The summed E-state index contributed by atoms with van der Waals surface area (Å²) in [4.78, 5) is 34.4. The molecular formula is C17H15NO6. The number of aromatic carboxylic acids is 2. The number of hydrogen-bond donors (Lipinski definition) is 3. The molecule has 0 saturated heterocycles. The number of carbonyl (C=O) groups is 3. The van der Waals surface area contributed by atoms with Crippen LogP contribution in [0.4, 0.5) is 0 Å². The first kappa shape index (κ1) is 17.0. The van der Waals surface area contributed by atoms with E-state index in [2.05, 4.69) is 5.32 Å². The van der Waals surface area contributed by atoms with Crippen molar-refractivity contribution >= 4 is 17.8 Å². The van der Waals surface area contributed by atoms with Crippen molar-refractivity contribution in [2.45, 2.75) is 6.54 Å². The molecule has 7 heteroatoms. The van der Waals surface area contributed by atoms with Crippen LogP contribution in [0.2, 0.25) is 0 Å². The van der Waals surface area contributed by atoms with Crippen molar-refractivity contribution < 1.29 is 29.3 Å². The molecule has 0 aliphatic carbocycles. The van der Waals surface area contributed by atoms with E-state index in [0.29, 0.717) is 5.56 Å². The van der Waals surface area contributed by atoms with Crippen molar-refractivity contribution in [1.29, 1.82) is 0 Å². The highest BCUT2D eigenvalue weighted by Crippen LogP contribution is 2.22. The largest absolute Gasteiger partial charge is 0.496 e. The zero-order valence-corrected chi connectivity index (χ0v) is 12.8. The fourth-order valence-corrected chi connectivity index (χ4v) is 2.15. The Kier molecular flexibility index (Phi) is 5.16. The Morgan fingerprint density at radius 1 is 1.00 bits per heavy atom. The molecule has 0 aliphatic rings. The van der Waals surface area contributed by atoms with E-state index in [1.807, 2.05) is 0 Å². The van der Waals surface area contributed by atoms with Crippen molar-refractivity contribution in [3.63, 3.8) is 0 Å². The Bertz CT molecular complexity index is 782. The summed E-state index contributed by atoms with van der Waals surface area (Å²) >= 11 is 0. The number of carboxylic acids is 2. The molecule has 2 aromatic carbocycles. The van der Waals surface area contributed by atoms with Gasteiger partial charge in [0.15, 0.2) is 0 Å². The smallest absolute Gasteiger partial charge is 0.336 e. The van der Waals surface area contributed by atoms with Crippen molar-refractivity contribution in [2.75, 3.05) is 7.11 Å². The third-order valence-electron chi connectivity index (χ3n) is 3.36. The number of benzene rings is 2. The summed E-state index contributed by atoms with van der Waals surface area (Å²) in [5, 5.41) is 20.7. The minimum Gasteiger partial charge on any atom is -0.496 e. The molecule has 0 saturated carbocycles. The minimum absolute atomic E-state index is 0.0605. The lowest BCUT2D eigenvalue weighted by Gasteiger charge is -2.12. The first-order valence-corrected chi connectivity index (χ1v) is 6.94. The average Bonchev–Trinajstić information content (AvgIpc) is 2.59. The van der Waals surface area contributed by atoms with Crippen LogP contribution in [0.1, 0.15) is 36.6 Å². The topological polar surface area (TPSA) is 113 Å². The highest BCUT2D eigenvalue weighted by molar-refractivity contribution is 6.06. The van der Waals surface area contributed by atoms with Crippen LogP contribution in [0, 0.1) is 0 Å². The molecule has 3 N–H and O–H groups in total. The molecular weight excluding hydrogens is 314 g/mol. The van der Waals surface area contributed by atoms with Crippen LogP contribution in [-0.2, 0) is 6.54 Å². The third-order valence-corrected chi connectivity index (χ3v) is 3.36. The molecule has 0 radical (unpaired) electrons. The highest BCUT2D eigenvalue weighted by atomic mass is 16.5. The third kappa shape index (κ3) is 3.70. The molecule has 0 bridgehead atoms. The van der Waals surface area contributed by atoms with E-state index in [0.717, 1.165) is 0 Å². The number of carboxylic acid groups (broad SMARTS) is 2. The number of carbonyl (C=O) groups excluding carboxylic acids is 1. The van der Waals surface area contributed by atoms with Gasteiger partial charge in [-0.1, -0.05) is 18.2 Å². The monoisotopic (exact) mass is 329 g/mol. The lowest BCUT2D eigenvalue weighted by atomic mass is 10.1. The molecule has 124 valence electrons. The van der Waals surface area contributed by atoms with Crippen molar-refractivity contribution in [2.24, 2.45) is 0 Å². The molecule has 24 heavy (non-hydrogen) atoms. The van der Waals surface area contributed by atoms with Crippen LogP contribution < -0.4 is 10.1 Å². The van der Waals surface area contributed by atoms with Gasteiger partial charge in [0.25, 0.3) is 5.91 Å². The van der Waals surface area contributed by atoms with Gasteiger partial charge in [0.05, 0.1) is 23.8 Å². The average molecular weight is 329 g/mol. The molecule has 7 nitrogen and oxygen atoms in total. The van der Waals surface area contributed by atoms with Crippen LogP contribution in [0.3, 0.4) is 0 Å². The zero-order valence-electron chi connectivity index (χ0n) is 12.8. The van der Waals surface area contributed by atoms with E-state index < -0.39 is 17.8 Å². The molecule has 0 aromatic heterocycles. The van der Waals surface area contributed by atoms with Crippen molar-refractivity contribution in [3.05, 3.63) is 64.7 Å². The molecule has 0 heterocycles. The summed E-state index contributed by atoms with van der Waals surface area (Å²) in [5.74, 6) is -2.70. The first-order valence-electron chi connectivity index (χ1n) is 6.94. The molecule has 2 rings (SSSR count). The van der Waals surface area contributed by atoms with Crippen LogP contribution in [-0.4, -0.2) is 35.2 Å². The van der Waals surface area contributed by atoms with Gasteiger partial charge in [-0.15, -0.1) is 0 Å². The highest BCUT2D eigenvalue weighted by Gasteiger charge is 2.21. The number of nitrogens with one attached hydrogen (secondary N) is 1. The maximum Gasteiger partial charge on any atom is 0.336 e. The standard InChI is InChI=1S/C17H15NO6/c1-24-13-4-2-3-12(17(22)23)14(13)15(19)18-9-10-5-7-11(8-6-10)16(20)21/h2-8H,9H2,1H3,(H,18,19)(H,20,21)(H,22,23). The second-order valence-corrected chi connectivity index (χ2v) is 4.87. The van der Waals surface area contributed by atoms with Gasteiger partial charge >= 0.3 is 11.9 Å². The lowest BCUT2D eigenvalue weighted by Crippen LogP contribution is -2.25. The van der Waals surface area contributed by atoms with Crippen LogP contribution in [0.15, 0.2) is 42.5 Å². The molecule has 0 fully saturated rings. The Hall–Kier alpha value is -3.35. The number of rotatable bonds is 6. The maximum atomic E-state index is 12.3. The molecule has 1 amide bonds. The van der Waals surface area contributed by atoms with Gasteiger partial charge in [-0.2, -0.15) is 0 Å². The molecule has 0 spiro atoms. The SMILES string of the molecule is COc1cccc(C(=O)O)c1C(=O)NCc1ccc(C(=O)O)cc1. The number of amides is 1. The lowest BCUT2D eigenvalue weighted by molar-refractivity contribution is 0.0683. The van der Waals surface area contributed by atoms with E-state index >= 15 is 0 Å². The summed E-state index contributed by atoms with van der Waals surface area (Å²) < 4.78 is 5.06. The normalized spacial score (nSPS) is 10.0. The Morgan fingerprint density at radius 3 is 2.21 bits per heavy atom. The van der Waals surface area contributed by atoms with E-state index in [9.17, 15) is 19.5 Å². The predicted molar refractivity (Wildman–Crippen MR) is 84.5 cm³/mol. The quantitative estimate of drug-likeness (QED) is 0.747. The van der Waals surface area contributed by atoms with Gasteiger partial charge in [0, 0.05) is 6.54 Å². The maximum absolute atomic E-state index is 12.3. The minimum atomic E-state index is -1.23. The number of methoxy groups -OCH3 is 1. The molecule has 0 atom stereocenters. The van der Waals surface area contributed by atoms with E-state index in [4.69, 9.17) is 9.84 Å². The van der Waals surface area contributed by atoms with E-state index in [-0.39, 0.29) is 29.0 Å².